The van der Waals surface area contributed by atoms with E-state index in [0.717, 1.165) is 25.7 Å². The maximum Gasteiger partial charge on any atom is 0.336 e. The summed E-state index contributed by atoms with van der Waals surface area (Å²) < 4.78 is 5.66. The average molecular weight is 413 g/mol. The van der Waals surface area contributed by atoms with E-state index < -0.39 is 11.6 Å². The van der Waals surface area contributed by atoms with Crippen molar-refractivity contribution in [3.05, 3.63) is 0 Å². The third kappa shape index (κ3) is 12.7. The van der Waals surface area contributed by atoms with Gasteiger partial charge in [-0.3, -0.25) is 0 Å². The second kappa shape index (κ2) is 19.4. The van der Waals surface area contributed by atoms with Gasteiger partial charge in [0.25, 0.3) is 0 Å². The van der Waals surface area contributed by atoms with Crippen molar-refractivity contribution in [3.8, 4) is 0 Å². The molecular weight excluding hydrogens is 360 g/mol. The standard InChI is InChI=1S/C26H52O3/c1-5-8-10-12-14-16-18-20-22-24(26(7-3,29-4)25(27)28)23-21-19-17-15-13-11-9-6-2/h24H,5-23H2,1-4H3,(H,27,28). The van der Waals surface area contributed by atoms with Crippen molar-refractivity contribution in [1.82, 2.24) is 0 Å². The minimum absolute atomic E-state index is 0.134. The zero-order valence-electron chi connectivity index (χ0n) is 20.3. The zero-order chi connectivity index (χ0) is 21.8. The summed E-state index contributed by atoms with van der Waals surface area (Å²) in [6, 6.07) is 0. The van der Waals surface area contributed by atoms with E-state index in [2.05, 4.69) is 13.8 Å². The Hall–Kier alpha value is -0.570. The Morgan fingerprint density at radius 3 is 1.31 bits per heavy atom. The largest absolute Gasteiger partial charge is 0.479 e. The Bertz CT molecular complexity index is 343. The van der Waals surface area contributed by atoms with Crippen molar-refractivity contribution in [1.29, 1.82) is 0 Å². The number of ether oxygens (including phenoxy) is 1. The molecule has 29 heavy (non-hydrogen) atoms. The SMILES string of the molecule is CCCCCCCCCCC(CCCCCCCCCC)C(CC)(OC)C(=O)O. The lowest BCUT2D eigenvalue weighted by Crippen LogP contribution is -2.47. The number of hydrogen-bond acceptors (Lipinski definition) is 2. The molecule has 0 rings (SSSR count). The molecule has 0 aromatic heterocycles. The van der Waals surface area contributed by atoms with Gasteiger partial charge in [-0.1, -0.05) is 124 Å². The van der Waals surface area contributed by atoms with Crippen molar-refractivity contribution >= 4 is 5.97 Å². The first-order chi connectivity index (χ1) is 14.1. The molecule has 0 aliphatic carbocycles. The van der Waals surface area contributed by atoms with Crippen molar-refractivity contribution in [3.63, 3.8) is 0 Å². The predicted molar refractivity (Wildman–Crippen MR) is 126 cm³/mol. The van der Waals surface area contributed by atoms with Gasteiger partial charge >= 0.3 is 5.97 Å². The van der Waals surface area contributed by atoms with Gasteiger partial charge in [0.15, 0.2) is 5.60 Å². The molecule has 0 fully saturated rings. The minimum Gasteiger partial charge on any atom is -0.479 e. The lowest BCUT2D eigenvalue weighted by Gasteiger charge is -2.35. The van der Waals surface area contributed by atoms with E-state index in [9.17, 15) is 9.90 Å². The highest BCUT2D eigenvalue weighted by molar-refractivity contribution is 5.77. The van der Waals surface area contributed by atoms with Gasteiger partial charge in [-0.25, -0.2) is 4.79 Å². The Labute approximate surface area is 182 Å². The average Bonchev–Trinajstić information content (AvgIpc) is 2.72. The topological polar surface area (TPSA) is 46.5 Å². The Kier molecular flexibility index (Phi) is 19.0. The fourth-order valence-corrected chi connectivity index (χ4v) is 4.67. The van der Waals surface area contributed by atoms with Crippen LogP contribution in [0.2, 0.25) is 0 Å². The van der Waals surface area contributed by atoms with Crippen molar-refractivity contribution in [2.75, 3.05) is 7.11 Å². The summed E-state index contributed by atoms with van der Waals surface area (Å²) in [6.07, 6.45) is 23.2. The number of rotatable bonds is 22. The molecule has 0 saturated heterocycles. The third-order valence-corrected chi connectivity index (χ3v) is 6.72. The van der Waals surface area contributed by atoms with Gasteiger partial charge in [0.05, 0.1) is 0 Å². The number of aliphatic carboxylic acids is 1. The molecule has 0 heterocycles. The molecule has 1 atom stereocenters. The molecule has 1 N–H and O–H groups in total. The van der Waals surface area contributed by atoms with Crippen molar-refractivity contribution in [2.45, 2.75) is 148 Å². The molecule has 1 unspecified atom stereocenters. The Morgan fingerprint density at radius 2 is 1.03 bits per heavy atom. The first-order valence-electron chi connectivity index (χ1n) is 12.9. The van der Waals surface area contributed by atoms with E-state index in [1.165, 1.54) is 89.9 Å². The van der Waals surface area contributed by atoms with Crippen LogP contribution in [-0.4, -0.2) is 23.8 Å². The van der Waals surface area contributed by atoms with Crippen LogP contribution in [0.1, 0.15) is 143 Å². The number of unbranched alkanes of at least 4 members (excludes halogenated alkanes) is 14. The van der Waals surface area contributed by atoms with Gasteiger partial charge in [-0.15, -0.1) is 0 Å². The molecule has 3 nitrogen and oxygen atoms in total. The van der Waals surface area contributed by atoms with Crippen LogP contribution < -0.4 is 0 Å². The summed E-state index contributed by atoms with van der Waals surface area (Å²) in [6.45, 7) is 6.47. The lowest BCUT2D eigenvalue weighted by molar-refractivity contribution is -0.171. The maximum absolute atomic E-state index is 12.1. The van der Waals surface area contributed by atoms with Crippen LogP contribution in [0.3, 0.4) is 0 Å². The summed E-state index contributed by atoms with van der Waals surface area (Å²) in [4.78, 5) is 12.1. The van der Waals surface area contributed by atoms with Crippen LogP contribution in [0.25, 0.3) is 0 Å². The van der Waals surface area contributed by atoms with Crippen LogP contribution in [0.15, 0.2) is 0 Å². The quantitative estimate of drug-likeness (QED) is 0.181. The van der Waals surface area contributed by atoms with Gasteiger partial charge in [-0.2, -0.15) is 0 Å². The molecule has 0 radical (unpaired) electrons. The number of carboxylic acid groups (broad SMARTS) is 1. The van der Waals surface area contributed by atoms with E-state index in [4.69, 9.17) is 4.74 Å². The first kappa shape index (κ1) is 28.4. The molecule has 0 aliphatic heterocycles. The van der Waals surface area contributed by atoms with Crippen molar-refractivity contribution < 1.29 is 14.6 Å². The van der Waals surface area contributed by atoms with E-state index in [-0.39, 0.29) is 5.92 Å². The minimum atomic E-state index is -0.998. The molecule has 0 amide bonds. The Balaban J connectivity index is 4.35. The van der Waals surface area contributed by atoms with Crippen LogP contribution >= 0.6 is 0 Å². The number of carbonyl (C=O) groups is 1. The molecule has 174 valence electrons. The molecular formula is C26H52O3. The van der Waals surface area contributed by atoms with Crippen molar-refractivity contribution in [2.24, 2.45) is 5.92 Å². The van der Waals surface area contributed by atoms with Gasteiger partial charge in [0.1, 0.15) is 0 Å². The lowest BCUT2D eigenvalue weighted by atomic mass is 9.78. The van der Waals surface area contributed by atoms with E-state index in [1.54, 1.807) is 7.11 Å². The number of hydrogen-bond donors (Lipinski definition) is 1. The molecule has 0 bridgehead atoms. The maximum atomic E-state index is 12.1. The third-order valence-electron chi connectivity index (χ3n) is 6.72. The number of methoxy groups -OCH3 is 1. The molecule has 3 heteroatoms. The fourth-order valence-electron chi connectivity index (χ4n) is 4.67. The van der Waals surface area contributed by atoms with Gasteiger partial charge < -0.3 is 9.84 Å². The summed E-state index contributed by atoms with van der Waals surface area (Å²) in [5.41, 5.74) is -0.998. The highest BCUT2D eigenvalue weighted by Gasteiger charge is 2.43. The molecule has 0 aromatic rings. The molecule has 0 aromatic carbocycles. The summed E-state index contributed by atoms with van der Waals surface area (Å²) in [5, 5.41) is 9.92. The predicted octanol–water partition coefficient (Wildman–Crippen LogP) is 8.54. The summed E-state index contributed by atoms with van der Waals surface area (Å²) in [7, 11) is 1.59. The highest BCUT2D eigenvalue weighted by Crippen LogP contribution is 2.34. The fraction of sp³-hybridized carbons (Fsp3) is 0.962. The van der Waals surface area contributed by atoms with Crippen LogP contribution in [-0.2, 0) is 9.53 Å². The van der Waals surface area contributed by atoms with Gasteiger partial charge in [0.2, 0.25) is 0 Å². The Morgan fingerprint density at radius 1 is 0.690 bits per heavy atom. The zero-order valence-corrected chi connectivity index (χ0v) is 20.3. The van der Waals surface area contributed by atoms with E-state index in [1.807, 2.05) is 6.92 Å². The van der Waals surface area contributed by atoms with Crippen LogP contribution in [0, 0.1) is 5.92 Å². The van der Waals surface area contributed by atoms with E-state index in [0.29, 0.717) is 6.42 Å². The highest BCUT2D eigenvalue weighted by atomic mass is 16.5. The van der Waals surface area contributed by atoms with Crippen LogP contribution in [0.5, 0.6) is 0 Å². The molecule has 0 spiro atoms. The summed E-state index contributed by atoms with van der Waals surface area (Å²) >= 11 is 0. The van der Waals surface area contributed by atoms with Gasteiger partial charge in [-0.05, 0) is 25.2 Å². The number of carboxylic acids is 1. The molecule has 0 saturated carbocycles. The smallest absolute Gasteiger partial charge is 0.336 e. The van der Waals surface area contributed by atoms with Gasteiger partial charge in [0, 0.05) is 7.11 Å². The normalized spacial score (nSPS) is 13.7. The summed E-state index contributed by atoms with van der Waals surface area (Å²) in [5.74, 6) is -0.637. The second-order valence-electron chi connectivity index (χ2n) is 8.98. The van der Waals surface area contributed by atoms with E-state index >= 15 is 0 Å². The molecule has 0 aliphatic rings. The monoisotopic (exact) mass is 412 g/mol. The van der Waals surface area contributed by atoms with Crippen LogP contribution in [0.4, 0.5) is 0 Å². The second-order valence-corrected chi connectivity index (χ2v) is 8.98. The first-order valence-corrected chi connectivity index (χ1v) is 12.9.